The standard InChI is InChI=1S/C13H10BrClO.C6H4BrClO/c14-11-6-12(15)8-13(7-11)16-9-10-4-2-1-3-5-10;7-4-1-5(8)3-6(9)2-4/h1-8H,9H2;1-3,9H. The van der Waals surface area contributed by atoms with Crippen LogP contribution in [0.25, 0.3) is 0 Å². The molecule has 0 unspecified atom stereocenters. The Kier molecular flexibility index (Phi) is 8.10. The second-order valence-corrected chi connectivity index (χ2v) is 7.71. The summed E-state index contributed by atoms with van der Waals surface area (Å²) in [6.07, 6.45) is 0. The van der Waals surface area contributed by atoms with Gasteiger partial charge in [0.1, 0.15) is 18.1 Å². The molecule has 3 rings (SSSR count). The first-order valence-corrected chi connectivity index (χ1v) is 9.54. The fraction of sp³-hybridized carbons (Fsp3) is 0.0526. The van der Waals surface area contributed by atoms with Crippen molar-refractivity contribution in [1.82, 2.24) is 0 Å². The molecule has 0 saturated heterocycles. The zero-order chi connectivity index (χ0) is 18.2. The Morgan fingerprint density at radius 1 is 0.800 bits per heavy atom. The summed E-state index contributed by atoms with van der Waals surface area (Å²) >= 11 is 18.0. The molecule has 0 heterocycles. The van der Waals surface area contributed by atoms with E-state index in [0.29, 0.717) is 16.7 Å². The molecule has 2 nitrogen and oxygen atoms in total. The molecule has 1 N–H and O–H groups in total. The van der Waals surface area contributed by atoms with Gasteiger partial charge in [-0.3, -0.25) is 0 Å². The fourth-order valence-corrected chi connectivity index (χ4v) is 3.56. The van der Waals surface area contributed by atoms with Crippen molar-refractivity contribution in [1.29, 1.82) is 0 Å². The zero-order valence-electron chi connectivity index (χ0n) is 12.9. The molecule has 0 saturated carbocycles. The third-order valence-corrected chi connectivity index (χ3v) is 4.28. The Morgan fingerprint density at radius 2 is 1.40 bits per heavy atom. The number of phenols is 1. The lowest BCUT2D eigenvalue weighted by atomic mass is 10.2. The molecule has 25 heavy (non-hydrogen) atoms. The van der Waals surface area contributed by atoms with Crippen LogP contribution in [0.15, 0.2) is 75.7 Å². The van der Waals surface area contributed by atoms with Crippen molar-refractivity contribution >= 4 is 55.1 Å². The number of hydrogen-bond acceptors (Lipinski definition) is 2. The summed E-state index contributed by atoms with van der Waals surface area (Å²) in [5.74, 6) is 0.942. The average Bonchev–Trinajstić information content (AvgIpc) is 2.52. The molecular weight excluding hydrogens is 491 g/mol. The van der Waals surface area contributed by atoms with Gasteiger partial charge in [0, 0.05) is 19.0 Å². The fourth-order valence-electron chi connectivity index (χ4n) is 1.89. The van der Waals surface area contributed by atoms with Gasteiger partial charge >= 0.3 is 0 Å². The van der Waals surface area contributed by atoms with E-state index in [-0.39, 0.29) is 5.75 Å². The van der Waals surface area contributed by atoms with Crippen molar-refractivity contribution in [2.75, 3.05) is 0 Å². The largest absolute Gasteiger partial charge is 0.508 e. The quantitative estimate of drug-likeness (QED) is 0.400. The van der Waals surface area contributed by atoms with Crippen LogP contribution in [0, 0.1) is 0 Å². The minimum absolute atomic E-state index is 0.175. The number of aromatic hydroxyl groups is 1. The topological polar surface area (TPSA) is 29.5 Å². The predicted octanol–water partition coefficient (Wildman–Crippen LogP) is 7.49. The minimum Gasteiger partial charge on any atom is -0.508 e. The van der Waals surface area contributed by atoms with E-state index in [1.165, 1.54) is 6.07 Å². The molecule has 130 valence electrons. The molecule has 0 aliphatic carbocycles. The first-order valence-electron chi connectivity index (χ1n) is 7.20. The molecule has 0 atom stereocenters. The Balaban J connectivity index is 0.000000212. The average molecular weight is 505 g/mol. The van der Waals surface area contributed by atoms with Gasteiger partial charge in [-0.05, 0) is 42.0 Å². The molecular formula is C19H14Br2Cl2O2. The van der Waals surface area contributed by atoms with Crippen LogP contribution >= 0.6 is 55.1 Å². The normalized spacial score (nSPS) is 9.92. The third kappa shape index (κ3) is 7.70. The summed E-state index contributed by atoms with van der Waals surface area (Å²) in [6.45, 7) is 0.549. The summed E-state index contributed by atoms with van der Waals surface area (Å²) in [4.78, 5) is 0. The van der Waals surface area contributed by atoms with Gasteiger partial charge in [-0.1, -0.05) is 85.4 Å². The molecule has 0 amide bonds. The molecule has 0 fully saturated rings. The number of halogens is 4. The minimum atomic E-state index is 0.175. The number of ether oxygens (including phenoxy) is 1. The van der Waals surface area contributed by atoms with Crippen molar-refractivity contribution in [3.8, 4) is 11.5 Å². The van der Waals surface area contributed by atoms with Crippen LogP contribution in [0.1, 0.15) is 5.56 Å². The Morgan fingerprint density at radius 3 is 1.96 bits per heavy atom. The van der Waals surface area contributed by atoms with Crippen LogP contribution in [0.5, 0.6) is 11.5 Å². The second kappa shape index (κ2) is 10.1. The number of hydrogen-bond donors (Lipinski definition) is 1. The van der Waals surface area contributed by atoms with Gasteiger partial charge in [-0.25, -0.2) is 0 Å². The SMILES string of the molecule is Clc1cc(Br)cc(OCc2ccccc2)c1.Oc1cc(Cl)cc(Br)c1. The van der Waals surface area contributed by atoms with E-state index >= 15 is 0 Å². The summed E-state index contributed by atoms with van der Waals surface area (Å²) in [5.41, 5.74) is 1.14. The highest BCUT2D eigenvalue weighted by molar-refractivity contribution is 9.10. The molecule has 0 aliphatic heterocycles. The summed E-state index contributed by atoms with van der Waals surface area (Å²) < 4.78 is 7.34. The summed E-state index contributed by atoms with van der Waals surface area (Å²) in [7, 11) is 0. The van der Waals surface area contributed by atoms with Crippen LogP contribution in [0.4, 0.5) is 0 Å². The van der Waals surface area contributed by atoms with Crippen LogP contribution in [-0.2, 0) is 6.61 Å². The van der Waals surface area contributed by atoms with E-state index in [1.807, 2.05) is 42.5 Å². The van der Waals surface area contributed by atoms with E-state index in [4.69, 9.17) is 33.0 Å². The van der Waals surface area contributed by atoms with Crippen molar-refractivity contribution in [3.63, 3.8) is 0 Å². The van der Waals surface area contributed by atoms with Crippen molar-refractivity contribution < 1.29 is 9.84 Å². The maximum Gasteiger partial charge on any atom is 0.122 e. The summed E-state index contributed by atoms with van der Waals surface area (Å²) in [5, 5.41) is 10.1. The lowest BCUT2D eigenvalue weighted by Gasteiger charge is -2.07. The molecule has 3 aromatic carbocycles. The van der Waals surface area contributed by atoms with E-state index in [9.17, 15) is 0 Å². The Hall–Kier alpha value is -1.20. The summed E-state index contributed by atoms with van der Waals surface area (Å²) in [6, 6.07) is 20.3. The van der Waals surface area contributed by atoms with Crippen molar-refractivity contribution in [2.24, 2.45) is 0 Å². The second-order valence-electron chi connectivity index (χ2n) is 5.01. The highest BCUT2D eigenvalue weighted by atomic mass is 79.9. The maximum absolute atomic E-state index is 8.88. The number of rotatable bonds is 3. The molecule has 3 aromatic rings. The van der Waals surface area contributed by atoms with Crippen LogP contribution < -0.4 is 4.74 Å². The molecule has 0 aromatic heterocycles. The van der Waals surface area contributed by atoms with Crippen molar-refractivity contribution in [3.05, 3.63) is 91.3 Å². The van der Waals surface area contributed by atoms with Gasteiger partial charge in [0.25, 0.3) is 0 Å². The molecule has 0 bridgehead atoms. The highest BCUT2D eigenvalue weighted by Crippen LogP contribution is 2.25. The Bertz CT molecular complexity index is 756. The lowest BCUT2D eigenvalue weighted by Crippen LogP contribution is -1.94. The third-order valence-electron chi connectivity index (χ3n) is 2.93. The highest BCUT2D eigenvalue weighted by Gasteiger charge is 1.99. The molecule has 6 heteroatoms. The lowest BCUT2D eigenvalue weighted by molar-refractivity contribution is 0.306. The van der Waals surface area contributed by atoms with E-state index < -0.39 is 0 Å². The molecule has 0 radical (unpaired) electrons. The molecule has 0 spiro atoms. The first-order chi connectivity index (χ1) is 11.9. The monoisotopic (exact) mass is 502 g/mol. The van der Waals surface area contributed by atoms with Gasteiger partial charge in [-0.2, -0.15) is 0 Å². The first kappa shape index (κ1) is 20.1. The maximum atomic E-state index is 8.88. The van der Waals surface area contributed by atoms with E-state index in [1.54, 1.807) is 18.2 Å². The van der Waals surface area contributed by atoms with Crippen LogP contribution in [-0.4, -0.2) is 5.11 Å². The van der Waals surface area contributed by atoms with Crippen molar-refractivity contribution in [2.45, 2.75) is 6.61 Å². The van der Waals surface area contributed by atoms with Gasteiger partial charge in [-0.15, -0.1) is 0 Å². The van der Waals surface area contributed by atoms with E-state index in [0.717, 1.165) is 20.3 Å². The smallest absolute Gasteiger partial charge is 0.122 e. The van der Waals surface area contributed by atoms with Gasteiger partial charge < -0.3 is 9.84 Å². The number of benzene rings is 3. The predicted molar refractivity (Wildman–Crippen MR) is 111 cm³/mol. The van der Waals surface area contributed by atoms with Gasteiger partial charge in [0.05, 0.1) is 0 Å². The Labute approximate surface area is 173 Å². The molecule has 0 aliphatic rings. The van der Waals surface area contributed by atoms with E-state index in [2.05, 4.69) is 31.9 Å². The van der Waals surface area contributed by atoms with Gasteiger partial charge in [0.2, 0.25) is 0 Å². The zero-order valence-corrected chi connectivity index (χ0v) is 17.6. The number of phenolic OH excluding ortho intramolecular Hbond substituents is 1. The van der Waals surface area contributed by atoms with Crippen LogP contribution in [0.3, 0.4) is 0 Å². The van der Waals surface area contributed by atoms with Gasteiger partial charge in [0.15, 0.2) is 0 Å². The van der Waals surface area contributed by atoms with Crippen LogP contribution in [0.2, 0.25) is 10.0 Å².